The van der Waals surface area contributed by atoms with Gasteiger partial charge in [0.1, 0.15) is 17.7 Å². The second-order valence-corrected chi connectivity index (χ2v) is 5.33. The highest BCUT2D eigenvalue weighted by molar-refractivity contribution is 5.44. The van der Waals surface area contributed by atoms with Gasteiger partial charge in [-0.1, -0.05) is 6.07 Å². The summed E-state index contributed by atoms with van der Waals surface area (Å²) in [5.41, 5.74) is 0.478. The lowest BCUT2D eigenvalue weighted by atomic mass is 10.1. The van der Waals surface area contributed by atoms with Crippen molar-refractivity contribution in [2.24, 2.45) is 0 Å². The summed E-state index contributed by atoms with van der Waals surface area (Å²) in [6.45, 7) is 1.69. The number of likely N-dealkylation sites (N-methyl/N-ethyl adjacent to an activating group) is 1. The number of halogens is 1. The Labute approximate surface area is 132 Å². The molecule has 0 radical (unpaired) electrons. The molecule has 1 aliphatic rings. The first-order chi connectivity index (χ1) is 11.1. The largest absolute Gasteiger partial charge is 0.477 e. The van der Waals surface area contributed by atoms with Gasteiger partial charge < -0.3 is 9.64 Å². The van der Waals surface area contributed by atoms with Gasteiger partial charge in [-0.2, -0.15) is 10.2 Å². The number of hydrogen-bond acceptors (Lipinski definition) is 5. The van der Waals surface area contributed by atoms with E-state index in [-0.39, 0.29) is 23.7 Å². The highest BCUT2D eigenvalue weighted by atomic mass is 19.1. The molecule has 7 heteroatoms. The fraction of sp³-hybridized carbons (Fsp3) is 0.312. The minimum absolute atomic E-state index is 0.0121. The lowest BCUT2D eigenvalue weighted by molar-refractivity contribution is 0.307. The second kappa shape index (κ2) is 6.08. The molecule has 0 N–H and O–H groups in total. The molecule has 2 heterocycles. The maximum absolute atomic E-state index is 13.3. The zero-order valence-corrected chi connectivity index (χ0v) is 12.6. The van der Waals surface area contributed by atoms with Crippen LogP contribution in [0.3, 0.4) is 0 Å². The molecule has 0 saturated heterocycles. The van der Waals surface area contributed by atoms with Gasteiger partial charge in [0, 0.05) is 32.6 Å². The Bertz CT molecular complexity index is 841. The predicted octanol–water partition coefficient (Wildman–Crippen LogP) is 1.33. The Hall–Kier alpha value is -2.88. The van der Waals surface area contributed by atoms with Crippen molar-refractivity contribution in [1.82, 2.24) is 9.55 Å². The van der Waals surface area contributed by atoms with E-state index in [1.54, 1.807) is 22.8 Å². The molecule has 2 aromatic rings. The van der Waals surface area contributed by atoms with Gasteiger partial charge in [0.15, 0.2) is 0 Å². The highest BCUT2D eigenvalue weighted by Gasteiger charge is 2.18. The summed E-state index contributed by atoms with van der Waals surface area (Å²) in [6, 6.07) is 7.92. The molecule has 1 aliphatic heterocycles. The normalized spacial score (nSPS) is 12.8. The van der Waals surface area contributed by atoms with Crippen molar-refractivity contribution < 1.29 is 9.13 Å². The van der Waals surface area contributed by atoms with Crippen molar-refractivity contribution in [2.75, 3.05) is 25.1 Å². The molecule has 3 rings (SSSR count). The van der Waals surface area contributed by atoms with Crippen molar-refractivity contribution in [3.63, 3.8) is 0 Å². The number of hydrogen-bond donors (Lipinski definition) is 0. The van der Waals surface area contributed by atoms with E-state index in [0.29, 0.717) is 13.0 Å². The van der Waals surface area contributed by atoms with Crippen LogP contribution >= 0.6 is 0 Å². The molecule has 0 fully saturated rings. The van der Waals surface area contributed by atoms with Crippen LogP contribution < -0.4 is 15.3 Å². The average molecular weight is 314 g/mol. The van der Waals surface area contributed by atoms with Gasteiger partial charge in [-0.05, 0) is 17.7 Å². The number of fused-ring (bicyclic) bond motifs is 1. The molecule has 0 aliphatic carbocycles. The summed E-state index contributed by atoms with van der Waals surface area (Å²) in [5.74, 6) is 0.527. The van der Waals surface area contributed by atoms with Crippen molar-refractivity contribution in [3.05, 3.63) is 51.7 Å². The van der Waals surface area contributed by atoms with Gasteiger partial charge in [0.2, 0.25) is 5.88 Å². The van der Waals surface area contributed by atoms with Crippen molar-refractivity contribution in [3.8, 4) is 11.9 Å². The van der Waals surface area contributed by atoms with Crippen LogP contribution in [0.4, 0.5) is 10.2 Å². The van der Waals surface area contributed by atoms with Crippen LogP contribution in [0, 0.1) is 17.1 Å². The Morgan fingerprint density at radius 3 is 3.00 bits per heavy atom. The number of nitrogens with zero attached hydrogens (tertiary/aromatic N) is 4. The summed E-state index contributed by atoms with van der Waals surface area (Å²) in [4.78, 5) is 17.8. The van der Waals surface area contributed by atoms with E-state index < -0.39 is 5.82 Å². The summed E-state index contributed by atoms with van der Waals surface area (Å²) in [5, 5.41) is 8.82. The topological polar surface area (TPSA) is 71.2 Å². The van der Waals surface area contributed by atoms with E-state index in [1.165, 1.54) is 12.1 Å². The van der Waals surface area contributed by atoms with E-state index in [4.69, 9.17) is 10.00 Å². The van der Waals surface area contributed by atoms with Gasteiger partial charge in [0.05, 0.1) is 12.2 Å². The smallest absolute Gasteiger partial charge is 0.352 e. The van der Waals surface area contributed by atoms with Gasteiger partial charge in [-0.15, -0.1) is 0 Å². The van der Waals surface area contributed by atoms with Crippen LogP contribution in [-0.4, -0.2) is 29.8 Å². The highest BCUT2D eigenvalue weighted by Crippen LogP contribution is 2.20. The third kappa shape index (κ3) is 3.01. The predicted molar refractivity (Wildman–Crippen MR) is 82.1 cm³/mol. The van der Waals surface area contributed by atoms with Crippen LogP contribution in [-0.2, 0) is 13.0 Å². The molecule has 0 amide bonds. The molecule has 1 aromatic carbocycles. The molecule has 6 nitrogen and oxygen atoms in total. The molecular formula is C16H15FN4O2. The molecule has 118 valence electrons. The van der Waals surface area contributed by atoms with Crippen LogP contribution in [0.5, 0.6) is 5.88 Å². The first-order valence-corrected chi connectivity index (χ1v) is 7.23. The number of ether oxygens (including phenoxy) is 1. The van der Waals surface area contributed by atoms with E-state index in [0.717, 1.165) is 17.9 Å². The monoisotopic (exact) mass is 314 g/mol. The summed E-state index contributed by atoms with van der Waals surface area (Å²) >= 11 is 0. The van der Waals surface area contributed by atoms with E-state index in [9.17, 15) is 9.18 Å². The minimum Gasteiger partial charge on any atom is -0.477 e. The number of aromatic nitrogens is 2. The fourth-order valence-corrected chi connectivity index (χ4v) is 2.53. The Morgan fingerprint density at radius 1 is 1.39 bits per heavy atom. The van der Waals surface area contributed by atoms with Gasteiger partial charge in [0.25, 0.3) is 0 Å². The lowest BCUT2D eigenvalue weighted by Gasteiger charge is -2.12. The van der Waals surface area contributed by atoms with Gasteiger partial charge in [-0.3, -0.25) is 4.57 Å². The number of benzene rings is 1. The minimum atomic E-state index is -0.534. The van der Waals surface area contributed by atoms with E-state index in [1.807, 2.05) is 11.9 Å². The van der Waals surface area contributed by atoms with Crippen LogP contribution in [0.15, 0.2) is 29.1 Å². The second-order valence-electron chi connectivity index (χ2n) is 5.33. The fourth-order valence-electron chi connectivity index (χ4n) is 2.53. The molecule has 1 aromatic heterocycles. The standard InChI is InChI=1S/C16H15FN4O2/c1-20-5-6-21-15(20)9-14(19-16(21)22)23-7-4-11-2-3-13(17)12(8-11)10-18/h2-3,8-9H,4-7H2,1H3. The average Bonchev–Trinajstić information content (AvgIpc) is 2.91. The molecule has 0 spiro atoms. The van der Waals surface area contributed by atoms with E-state index in [2.05, 4.69) is 4.98 Å². The molecule has 0 atom stereocenters. The number of nitriles is 1. The molecule has 23 heavy (non-hydrogen) atoms. The SMILES string of the molecule is CN1CCn2c1cc(OCCc1ccc(F)c(C#N)c1)nc2=O. The lowest BCUT2D eigenvalue weighted by Crippen LogP contribution is -2.22. The molecule has 0 unspecified atom stereocenters. The maximum Gasteiger partial charge on any atom is 0.352 e. The van der Waals surface area contributed by atoms with Crippen molar-refractivity contribution >= 4 is 5.82 Å². The van der Waals surface area contributed by atoms with Crippen LogP contribution in [0.25, 0.3) is 0 Å². The van der Waals surface area contributed by atoms with E-state index >= 15 is 0 Å². The number of rotatable bonds is 4. The quantitative estimate of drug-likeness (QED) is 0.851. The first kappa shape index (κ1) is 15.0. The molecule has 0 bridgehead atoms. The first-order valence-electron chi connectivity index (χ1n) is 7.23. The van der Waals surface area contributed by atoms with Gasteiger partial charge >= 0.3 is 5.69 Å². The van der Waals surface area contributed by atoms with Gasteiger partial charge in [-0.25, -0.2) is 9.18 Å². The third-order valence-electron chi connectivity index (χ3n) is 3.81. The van der Waals surface area contributed by atoms with Crippen LogP contribution in [0.2, 0.25) is 0 Å². The maximum atomic E-state index is 13.3. The molecular weight excluding hydrogens is 299 g/mol. The zero-order chi connectivity index (χ0) is 16.4. The number of anilines is 1. The molecule has 0 saturated carbocycles. The Balaban J connectivity index is 1.68. The summed E-state index contributed by atoms with van der Waals surface area (Å²) < 4.78 is 20.4. The summed E-state index contributed by atoms with van der Waals surface area (Å²) in [6.07, 6.45) is 0.491. The third-order valence-corrected chi connectivity index (χ3v) is 3.81. The Morgan fingerprint density at radius 2 is 2.22 bits per heavy atom. The summed E-state index contributed by atoms with van der Waals surface area (Å²) in [7, 11) is 1.91. The van der Waals surface area contributed by atoms with Crippen molar-refractivity contribution in [1.29, 1.82) is 5.26 Å². The Kier molecular flexibility index (Phi) is 3.98. The van der Waals surface area contributed by atoms with Crippen LogP contribution in [0.1, 0.15) is 11.1 Å². The zero-order valence-electron chi connectivity index (χ0n) is 12.6. The van der Waals surface area contributed by atoms with Crippen molar-refractivity contribution in [2.45, 2.75) is 13.0 Å².